The van der Waals surface area contributed by atoms with Gasteiger partial charge in [-0.1, -0.05) is 18.7 Å². The number of thiophene rings is 1. The number of hydrogen-bond acceptors (Lipinski definition) is 6. The van der Waals surface area contributed by atoms with Crippen LogP contribution in [0.1, 0.15) is 48.6 Å². The van der Waals surface area contributed by atoms with Gasteiger partial charge in [0.2, 0.25) is 5.91 Å². The highest BCUT2D eigenvalue weighted by Crippen LogP contribution is 2.49. The van der Waals surface area contributed by atoms with E-state index in [1.807, 2.05) is 36.3 Å². The van der Waals surface area contributed by atoms with Crippen LogP contribution < -0.4 is 10.6 Å². The second-order valence-electron chi connectivity index (χ2n) is 11.2. The number of aromatic nitrogens is 2. The average molecular weight is 631 g/mol. The molecule has 6 rings (SSSR count). The van der Waals surface area contributed by atoms with Crippen LogP contribution in [0.25, 0.3) is 16.5 Å². The zero-order valence-electron chi connectivity index (χ0n) is 23.7. The summed E-state index contributed by atoms with van der Waals surface area (Å²) in [5, 5.41) is 2.18. The van der Waals surface area contributed by atoms with Crippen LogP contribution in [0.3, 0.4) is 0 Å². The Hall–Kier alpha value is -3.38. The number of alkyl halides is 3. The molecule has 1 amide bonds. The van der Waals surface area contributed by atoms with Crippen molar-refractivity contribution in [1.29, 1.82) is 0 Å². The summed E-state index contributed by atoms with van der Waals surface area (Å²) >= 11 is 2.86. The Morgan fingerprint density at radius 2 is 1.88 bits per heavy atom. The van der Waals surface area contributed by atoms with E-state index in [1.165, 1.54) is 34.6 Å². The van der Waals surface area contributed by atoms with E-state index < -0.39 is 17.4 Å². The molecule has 6 nitrogen and oxygen atoms in total. The number of hydrogen-bond donors (Lipinski definition) is 0. The van der Waals surface area contributed by atoms with E-state index in [2.05, 4.69) is 11.6 Å². The lowest BCUT2D eigenvalue weighted by atomic mass is 9.91. The number of amides is 1. The summed E-state index contributed by atoms with van der Waals surface area (Å²) in [5.74, 6) is -0.0757. The monoisotopic (exact) mass is 630 g/mol. The van der Waals surface area contributed by atoms with Crippen molar-refractivity contribution in [2.45, 2.75) is 62.3 Å². The van der Waals surface area contributed by atoms with Crippen molar-refractivity contribution < 1.29 is 22.4 Å². The third-order valence-corrected chi connectivity index (χ3v) is 10.6. The number of allylic oxidation sites excluding steroid dienone is 4. The summed E-state index contributed by atoms with van der Waals surface area (Å²) in [4.78, 5) is 35.7. The molecule has 2 aliphatic heterocycles. The van der Waals surface area contributed by atoms with E-state index in [0.29, 0.717) is 21.7 Å². The average Bonchev–Trinajstić information content (AvgIpc) is 3.42. The van der Waals surface area contributed by atoms with Crippen molar-refractivity contribution in [3.63, 3.8) is 0 Å². The first-order chi connectivity index (χ1) is 20.5. The van der Waals surface area contributed by atoms with E-state index >= 15 is 0 Å². The normalized spacial score (nSPS) is 22.7. The number of piperazine rings is 1. The van der Waals surface area contributed by atoms with E-state index in [-0.39, 0.29) is 79.0 Å². The van der Waals surface area contributed by atoms with Gasteiger partial charge in [-0.2, -0.15) is 18.2 Å². The maximum absolute atomic E-state index is 14.9. The molecule has 3 aromatic rings. The van der Waals surface area contributed by atoms with Gasteiger partial charge < -0.3 is 9.80 Å². The van der Waals surface area contributed by atoms with Crippen molar-refractivity contribution in [3.05, 3.63) is 80.7 Å². The van der Waals surface area contributed by atoms with Gasteiger partial charge in [-0.3, -0.25) is 9.36 Å². The molecule has 226 valence electrons. The SMILES string of the molecule is C=CC(=O)N1[C@H](C)CN(c2nc(=O)n3c4c(c(C5=CC=C(F)CC5)c(C(F)(F)F)cc24)SC[C@H](c2cccs2)C3)C[C@@H]1C. The van der Waals surface area contributed by atoms with Gasteiger partial charge in [-0.05, 0) is 55.5 Å². The Kier molecular flexibility index (Phi) is 7.78. The van der Waals surface area contributed by atoms with E-state index in [4.69, 9.17) is 0 Å². The molecule has 12 heteroatoms. The first kappa shape index (κ1) is 29.7. The van der Waals surface area contributed by atoms with Crippen molar-refractivity contribution in [2.24, 2.45) is 0 Å². The van der Waals surface area contributed by atoms with Crippen LogP contribution in [0, 0.1) is 0 Å². The Balaban J connectivity index is 1.61. The van der Waals surface area contributed by atoms with Gasteiger partial charge in [0.05, 0.1) is 11.1 Å². The number of thioether (sulfide) groups is 1. The Morgan fingerprint density at radius 1 is 1.14 bits per heavy atom. The molecule has 1 saturated heterocycles. The van der Waals surface area contributed by atoms with Crippen LogP contribution in [0.15, 0.2) is 63.9 Å². The van der Waals surface area contributed by atoms with Crippen LogP contribution in [0.4, 0.5) is 23.4 Å². The molecule has 0 saturated carbocycles. The standard InChI is InChI=1S/C31H30F4N4O2S2/c1-4-25(40)39-17(2)13-37(14-18(39)3)29-22-12-23(31(33,34)35)26(19-7-9-21(32)10-8-19)28-27(22)38(30(41)36-29)15-20(16-43-28)24-6-5-11-42-24/h4-7,9,11-12,17-18,20H,1,8,10,13-16H2,2-3H3/t17-,18+,20-/m1/s1. The molecule has 3 aliphatic rings. The summed E-state index contributed by atoms with van der Waals surface area (Å²) in [6.07, 6.45) is -0.676. The molecule has 3 atom stereocenters. The van der Waals surface area contributed by atoms with Gasteiger partial charge in [-0.15, -0.1) is 23.1 Å². The van der Waals surface area contributed by atoms with Crippen LogP contribution in [-0.2, 0) is 17.5 Å². The third kappa shape index (κ3) is 5.32. The van der Waals surface area contributed by atoms with Crippen LogP contribution in [-0.4, -0.2) is 51.3 Å². The Labute approximate surface area is 254 Å². The smallest absolute Gasteiger partial charge is 0.352 e. The highest BCUT2D eigenvalue weighted by atomic mass is 32.2. The number of carbonyl (C=O) groups excluding carboxylic acids is 1. The lowest BCUT2D eigenvalue weighted by molar-refractivity contribution is -0.137. The summed E-state index contributed by atoms with van der Waals surface area (Å²) in [7, 11) is 0. The largest absolute Gasteiger partial charge is 0.417 e. The minimum absolute atomic E-state index is 0.00835. The Bertz CT molecular complexity index is 1720. The van der Waals surface area contributed by atoms with Crippen molar-refractivity contribution in [1.82, 2.24) is 14.5 Å². The maximum Gasteiger partial charge on any atom is 0.417 e. The zero-order valence-corrected chi connectivity index (χ0v) is 25.3. The van der Waals surface area contributed by atoms with Crippen molar-refractivity contribution in [3.8, 4) is 0 Å². The molecule has 0 N–H and O–H groups in total. The second kappa shape index (κ2) is 11.3. The van der Waals surface area contributed by atoms with E-state index in [1.54, 1.807) is 16.2 Å². The fourth-order valence-electron chi connectivity index (χ4n) is 6.49. The van der Waals surface area contributed by atoms with Crippen LogP contribution >= 0.6 is 23.1 Å². The van der Waals surface area contributed by atoms with Gasteiger partial charge in [0.25, 0.3) is 0 Å². The van der Waals surface area contributed by atoms with E-state index in [9.17, 15) is 27.2 Å². The second-order valence-corrected chi connectivity index (χ2v) is 13.2. The molecule has 0 radical (unpaired) electrons. The number of halogens is 4. The molecular formula is C31H30F4N4O2S2. The molecule has 4 heterocycles. The molecule has 1 aliphatic carbocycles. The lowest BCUT2D eigenvalue weighted by Gasteiger charge is -2.44. The lowest BCUT2D eigenvalue weighted by Crippen LogP contribution is -2.58. The van der Waals surface area contributed by atoms with Crippen molar-refractivity contribution in [2.75, 3.05) is 23.7 Å². The Morgan fingerprint density at radius 3 is 2.49 bits per heavy atom. The fraction of sp³-hybridized carbons (Fsp3) is 0.387. The predicted octanol–water partition coefficient (Wildman–Crippen LogP) is 7.01. The van der Waals surface area contributed by atoms with Gasteiger partial charge >= 0.3 is 11.9 Å². The predicted molar refractivity (Wildman–Crippen MR) is 163 cm³/mol. The molecule has 0 spiro atoms. The van der Waals surface area contributed by atoms with Gasteiger partial charge in [-0.25, -0.2) is 9.18 Å². The molecule has 43 heavy (non-hydrogen) atoms. The molecule has 0 unspecified atom stereocenters. The minimum atomic E-state index is -4.71. The topological polar surface area (TPSA) is 58.4 Å². The molecular weight excluding hydrogens is 600 g/mol. The highest BCUT2D eigenvalue weighted by molar-refractivity contribution is 7.99. The zero-order chi connectivity index (χ0) is 30.6. The number of benzene rings is 1. The first-order valence-corrected chi connectivity index (χ1v) is 15.9. The molecule has 1 fully saturated rings. The van der Waals surface area contributed by atoms with Gasteiger partial charge in [0.1, 0.15) is 11.6 Å². The third-order valence-electron chi connectivity index (χ3n) is 8.35. The van der Waals surface area contributed by atoms with Gasteiger partial charge in [0.15, 0.2) is 0 Å². The number of anilines is 1. The summed E-state index contributed by atoms with van der Waals surface area (Å²) in [6, 6.07) is 4.42. The molecule has 1 aromatic carbocycles. The summed E-state index contributed by atoms with van der Waals surface area (Å²) in [6.45, 7) is 8.15. The summed E-state index contributed by atoms with van der Waals surface area (Å²) < 4.78 is 60.2. The quantitative estimate of drug-likeness (QED) is 0.229. The van der Waals surface area contributed by atoms with Crippen LogP contribution in [0.2, 0.25) is 0 Å². The van der Waals surface area contributed by atoms with Crippen LogP contribution in [0.5, 0.6) is 0 Å². The summed E-state index contributed by atoms with van der Waals surface area (Å²) in [5.41, 5.74) is -0.540. The number of carbonyl (C=O) groups is 1. The molecule has 2 aromatic heterocycles. The first-order valence-electron chi connectivity index (χ1n) is 14.1. The fourth-order valence-corrected chi connectivity index (χ4v) is 8.82. The van der Waals surface area contributed by atoms with Crippen molar-refractivity contribution >= 4 is 51.3 Å². The number of nitrogens with zero attached hydrogens (tertiary/aromatic N) is 4. The van der Waals surface area contributed by atoms with Gasteiger partial charge in [0, 0.05) is 70.5 Å². The maximum atomic E-state index is 14.9. The number of rotatable bonds is 4. The minimum Gasteiger partial charge on any atom is -0.352 e. The van der Waals surface area contributed by atoms with E-state index in [0.717, 1.165) is 10.9 Å². The molecule has 0 bridgehead atoms. The highest BCUT2D eigenvalue weighted by Gasteiger charge is 2.40.